The number of Topliss-reactive ketones (excluding diaryl/α,β-unsaturated/α-hetero) is 1. The van der Waals surface area contributed by atoms with Gasteiger partial charge in [-0.05, 0) is 24.1 Å². The average Bonchev–Trinajstić information content (AvgIpc) is 2.45. The van der Waals surface area contributed by atoms with E-state index >= 15 is 0 Å². The van der Waals surface area contributed by atoms with Gasteiger partial charge in [-0.1, -0.05) is 24.3 Å². The third-order valence-corrected chi connectivity index (χ3v) is 2.58. The number of carbonyl (C=O) groups excluding carboxylic acids is 3. The lowest BCUT2D eigenvalue weighted by molar-refractivity contribution is -0.255. The Morgan fingerprint density at radius 2 is 1.76 bits per heavy atom. The summed E-state index contributed by atoms with van der Waals surface area (Å²) in [5, 5.41) is 10.6. The van der Waals surface area contributed by atoms with Crippen LogP contribution in [0.25, 0.3) is 6.08 Å². The molecule has 0 atom stereocenters. The molecule has 0 aliphatic heterocycles. The van der Waals surface area contributed by atoms with E-state index in [9.17, 15) is 19.5 Å². The van der Waals surface area contributed by atoms with Crippen molar-refractivity contribution in [3.05, 3.63) is 41.0 Å². The maximum Gasteiger partial charge on any atom is 0.341 e. The molecule has 0 amide bonds. The predicted octanol–water partition coefficient (Wildman–Crippen LogP) is 0.212. The van der Waals surface area contributed by atoms with E-state index in [1.807, 2.05) is 0 Å². The number of carboxylic acid groups (broad SMARTS) is 1. The lowest BCUT2D eigenvalue weighted by Gasteiger charge is -2.06. The summed E-state index contributed by atoms with van der Waals surface area (Å²) in [6, 6.07) is 5.59. The lowest BCUT2D eigenvalue weighted by atomic mass is 10.1. The first-order chi connectivity index (χ1) is 9.95. The van der Waals surface area contributed by atoms with Gasteiger partial charge < -0.3 is 19.4 Å². The minimum absolute atomic E-state index is 0.0131. The van der Waals surface area contributed by atoms with Crippen molar-refractivity contribution >= 4 is 23.8 Å². The van der Waals surface area contributed by atoms with E-state index < -0.39 is 17.7 Å². The predicted molar refractivity (Wildman–Crippen MR) is 72.3 cm³/mol. The van der Waals surface area contributed by atoms with Crippen LogP contribution in [0.4, 0.5) is 0 Å². The third-order valence-electron chi connectivity index (χ3n) is 2.58. The molecule has 0 spiro atoms. The molecule has 6 heteroatoms. The van der Waals surface area contributed by atoms with Crippen molar-refractivity contribution in [3.63, 3.8) is 0 Å². The molecule has 0 bridgehead atoms. The monoisotopic (exact) mass is 291 g/mol. The summed E-state index contributed by atoms with van der Waals surface area (Å²) in [5.41, 5.74) is 0.403. The quantitative estimate of drug-likeness (QED) is 0.234. The summed E-state index contributed by atoms with van der Waals surface area (Å²) in [6.45, 7) is 1.53. The number of methoxy groups -OCH3 is 1. The van der Waals surface area contributed by atoms with Crippen molar-refractivity contribution in [3.8, 4) is 0 Å². The van der Waals surface area contributed by atoms with Crippen LogP contribution >= 0.6 is 0 Å². The second-order valence-electron chi connectivity index (χ2n) is 4.15. The molecule has 0 saturated carbocycles. The van der Waals surface area contributed by atoms with Crippen LogP contribution in [0.5, 0.6) is 0 Å². The summed E-state index contributed by atoms with van der Waals surface area (Å²) in [4.78, 5) is 33.9. The molecule has 0 saturated heterocycles. The zero-order valence-corrected chi connectivity index (χ0v) is 11.8. The molecule has 1 aromatic rings. The maximum absolute atomic E-state index is 11.8. The largest absolute Gasteiger partial charge is 0.545 e. The highest BCUT2D eigenvalue weighted by Gasteiger charge is 2.15. The van der Waals surface area contributed by atoms with Crippen LogP contribution in [0.3, 0.4) is 0 Å². The van der Waals surface area contributed by atoms with Gasteiger partial charge in [0.25, 0.3) is 0 Å². The van der Waals surface area contributed by atoms with Crippen LogP contribution in [0.1, 0.15) is 22.8 Å². The normalized spacial score (nSPS) is 11.0. The number of aromatic carboxylic acids is 1. The number of benzene rings is 1. The van der Waals surface area contributed by atoms with Gasteiger partial charge in [0, 0.05) is 7.11 Å². The molecule has 1 rings (SSSR count). The van der Waals surface area contributed by atoms with Crippen LogP contribution in [0.15, 0.2) is 29.8 Å². The average molecular weight is 291 g/mol. The molecule has 0 heterocycles. The van der Waals surface area contributed by atoms with E-state index in [1.165, 1.54) is 44.4 Å². The first kappa shape index (κ1) is 16.6. The highest BCUT2D eigenvalue weighted by molar-refractivity contribution is 6.19. The number of rotatable bonds is 7. The Kier molecular flexibility index (Phi) is 6.29. The van der Waals surface area contributed by atoms with Crippen molar-refractivity contribution in [2.24, 2.45) is 0 Å². The zero-order valence-electron chi connectivity index (χ0n) is 11.8. The van der Waals surface area contributed by atoms with Crippen LogP contribution in [-0.2, 0) is 19.1 Å². The molecular weight excluding hydrogens is 276 g/mol. The molecule has 0 aliphatic rings. The van der Waals surface area contributed by atoms with Crippen molar-refractivity contribution in [1.29, 1.82) is 0 Å². The van der Waals surface area contributed by atoms with Crippen LogP contribution in [0.2, 0.25) is 0 Å². The van der Waals surface area contributed by atoms with Gasteiger partial charge in [0.05, 0.1) is 12.6 Å². The van der Waals surface area contributed by atoms with Gasteiger partial charge in [-0.2, -0.15) is 0 Å². The highest BCUT2D eigenvalue weighted by atomic mass is 16.6. The van der Waals surface area contributed by atoms with E-state index in [-0.39, 0.29) is 24.4 Å². The van der Waals surface area contributed by atoms with Gasteiger partial charge in [0.2, 0.25) is 0 Å². The van der Waals surface area contributed by atoms with Gasteiger partial charge >= 0.3 is 5.97 Å². The summed E-state index contributed by atoms with van der Waals surface area (Å²) < 4.78 is 9.63. The summed E-state index contributed by atoms with van der Waals surface area (Å²) in [5.74, 6) is -2.48. The molecule has 0 radical (unpaired) electrons. The van der Waals surface area contributed by atoms with Crippen LogP contribution in [0, 0.1) is 0 Å². The van der Waals surface area contributed by atoms with Crippen molar-refractivity contribution < 1.29 is 29.0 Å². The van der Waals surface area contributed by atoms with Crippen LogP contribution in [-0.4, -0.2) is 38.0 Å². The standard InChI is InChI=1S/C15H16O6/c1-10(16)13(15(19)21-8-7-20-2)9-11-3-5-12(6-4-11)14(17)18/h3-6,9H,7-8H2,1-2H3,(H,17,18)/p-1/b13-9+. The number of carbonyl (C=O) groups is 3. The Morgan fingerprint density at radius 3 is 2.24 bits per heavy atom. The molecule has 112 valence electrons. The smallest absolute Gasteiger partial charge is 0.341 e. The second kappa shape index (κ2) is 7.96. The number of esters is 1. The topological polar surface area (TPSA) is 92.7 Å². The molecular formula is C15H15O6-. The Bertz CT molecular complexity index is 556. The summed E-state index contributed by atoms with van der Waals surface area (Å²) in [6.07, 6.45) is 1.34. The van der Waals surface area contributed by atoms with Crippen molar-refractivity contribution in [2.75, 3.05) is 20.3 Å². The van der Waals surface area contributed by atoms with E-state index in [0.717, 1.165) is 0 Å². The van der Waals surface area contributed by atoms with Gasteiger partial charge in [-0.3, -0.25) is 4.79 Å². The minimum atomic E-state index is -1.30. The van der Waals surface area contributed by atoms with Crippen molar-refractivity contribution in [2.45, 2.75) is 6.92 Å². The minimum Gasteiger partial charge on any atom is -0.545 e. The second-order valence-corrected chi connectivity index (χ2v) is 4.15. The molecule has 21 heavy (non-hydrogen) atoms. The Morgan fingerprint density at radius 1 is 1.14 bits per heavy atom. The molecule has 0 aliphatic carbocycles. The summed E-state index contributed by atoms with van der Waals surface area (Å²) in [7, 11) is 1.47. The third kappa shape index (κ3) is 5.19. The van der Waals surface area contributed by atoms with E-state index in [1.54, 1.807) is 0 Å². The first-order valence-electron chi connectivity index (χ1n) is 6.15. The van der Waals surface area contributed by atoms with Gasteiger partial charge in [-0.25, -0.2) is 4.79 Å². The number of ether oxygens (including phenoxy) is 2. The molecule has 0 N–H and O–H groups in total. The first-order valence-corrected chi connectivity index (χ1v) is 6.15. The Balaban J connectivity index is 2.91. The molecule has 0 fully saturated rings. The zero-order chi connectivity index (χ0) is 15.8. The molecule has 0 unspecified atom stereocenters. The van der Waals surface area contributed by atoms with Gasteiger partial charge in [0.1, 0.15) is 12.2 Å². The Hall–Kier alpha value is -2.47. The SMILES string of the molecule is COCCOC(=O)/C(=C/c1ccc(C(=O)[O-])cc1)C(C)=O. The maximum atomic E-state index is 11.8. The lowest BCUT2D eigenvalue weighted by Crippen LogP contribution is -2.21. The van der Waals surface area contributed by atoms with Gasteiger partial charge in [-0.15, -0.1) is 0 Å². The van der Waals surface area contributed by atoms with Gasteiger partial charge in [0.15, 0.2) is 5.78 Å². The number of hydrogen-bond donors (Lipinski definition) is 0. The van der Waals surface area contributed by atoms with Crippen molar-refractivity contribution in [1.82, 2.24) is 0 Å². The number of carboxylic acids is 1. The highest BCUT2D eigenvalue weighted by Crippen LogP contribution is 2.11. The fourth-order valence-electron chi connectivity index (χ4n) is 1.48. The fourth-order valence-corrected chi connectivity index (χ4v) is 1.48. The number of ketones is 1. The fraction of sp³-hybridized carbons (Fsp3) is 0.267. The van der Waals surface area contributed by atoms with E-state index in [2.05, 4.69) is 0 Å². The van der Waals surface area contributed by atoms with Crippen LogP contribution < -0.4 is 5.11 Å². The molecule has 1 aromatic carbocycles. The van der Waals surface area contributed by atoms with E-state index in [4.69, 9.17) is 9.47 Å². The Labute approximate surface area is 122 Å². The van der Waals surface area contributed by atoms with E-state index in [0.29, 0.717) is 5.56 Å². The summed E-state index contributed by atoms with van der Waals surface area (Å²) >= 11 is 0. The number of hydrogen-bond acceptors (Lipinski definition) is 6. The molecule has 0 aromatic heterocycles. The molecule has 6 nitrogen and oxygen atoms in total.